The summed E-state index contributed by atoms with van der Waals surface area (Å²) in [6.45, 7) is 9.33. The molecule has 0 saturated carbocycles. The molecule has 1 saturated heterocycles. The Morgan fingerprint density at radius 3 is 2.89 bits per heavy atom. The maximum Gasteiger partial charge on any atom is 0.213 e. The lowest BCUT2D eigenvalue weighted by atomic mass is 10.1. The van der Waals surface area contributed by atoms with Crippen molar-refractivity contribution < 1.29 is 4.74 Å². The second-order valence-corrected chi connectivity index (χ2v) is 7.81. The van der Waals surface area contributed by atoms with Crippen LogP contribution in [-0.4, -0.2) is 47.2 Å². The highest BCUT2D eigenvalue weighted by molar-refractivity contribution is 5.47. The van der Waals surface area contributed by atoms with Gasteiger partial charge in [0.15, 0.2) is 0 Å². The minimum Gasteiger partial charge on any atom is -0.478 e. The Morgan fingerprint density at radius 2 is 2.11 bits per heavy atom. The van der Waals surface area contributed by atoms with Crippen LogP contribution in [0, 0.1) is 6.92 Å². The second-order valence-electron chi connectivity index (χ2n) is 7.81. The highest BCUT2D eigenvalue weighted by Gasteiger charge is 2.20. The third-order valence-electron chi connectivity index (χ3n) is 5.81. The molecule has 2 aliphatic heterocycles. The van der Waals surface area contributed by atoms with Gasteiger partial charge in [0.05, 0.1) is 24.2 Å². The van der Waals surface area contributed by atoms with Crippen LogP contribution in [0.1, 0.15) is 43.1 Å². The Hall–Kier alpha value is -2.14. The standard InChI is InChI=1S/C22H30N4O/c1-17-6-8-20(15-23-17)26-13-10-21-19(16-26)7-9-22(24-21)27-14-4-12-25-11-3-5-18(25)2/h6-9,15,18H,3-5,10-14,16H2,1-2H3. The Morgan fingerprint density at radius 1 is 1.19 bits per heavy atom. The van der Waals surface area contributed by atoms with E-state index in [2.05, 4.69) is 39.9 Å². The quantitative estimate of drug-likeness (QED) is 0.731. The molecule has 1 atom stereocenters. The molecule has 2 aliphatic rings. The highest BCUT2D eigenvalue weighted by Crippen LogP contribution is 2.25. The van der Waals surface area contributed by atoms with Gasteiger partial charge in [0.25, 0.3) is 0 Å². The molecule has 0 N–H and O–H groups in total. The fourth-order valence-corrected chi connectivity index (χ4v) is 4.11. The van der Waals surface area contributed by atoms with Gasteiger partial charge >= 0.3 is 0 Å². The fraction of sp³-hybridized carbons (Fsp3) is 0.545. The van der Waals surface area contributed by atoms with Crippen molar-refractivity contribution in [2.45, 2.75) is 52.1 Å². The zero-order valence-electron chi connectivity index (χ0n) is 16.5. The average Bonchev–Trinajstić information content (AvgIpc) is 3.10. The third kappa shape index (κ3) is 4.41. The van der Waals surface area contributed by atoms with E-state index in [-0.39, 0.29) is 0 Å². The van der Waals surface area contributed by atoms with Gasteiger partial charge in [-0.2, -0.15) is 0 Å². The van der Waals surface area contributed by atoms with E-state index in [1.807, 2.05) is 19.2 Å². The molecule has 0 radical (unpaired) electrons. The Balaban J connectivity index is 1.30. The average molecular weight is 367 g/mol. The Bertz CT molecular complexity index is 761. The number of hydrogen-bond donors (Lipinski definition) is 0. The third-order valence-corrected chi connectivity index (χ3v) is 5.81. The first-order valence-corrected chi connectivity index (χ1v) is 10.2. The lowest BCUT2D eigenvalue weighted by Gasteiger charge is -2.30. The number of nitrogens with zero attached hydrogens (tertiary/aromatic N) is 4. The lowest BCUT2D eigenvalue weighted by Crippen LogP contribution is -2.31. The van der Waals surface area contributed by atoms with Crippen LogP contribution in [0.25, 0.3) is 0 Å². The maximum absolute atomic E-state index is 5.93. The first-order valence-electron chi connectivity index (χ1n) is 10.2. The van der Waals surface area contributed by atoms with Gasteiger partial charge in [-0.3, -0.25) is 4.98 Å². The van der Waals surface area contributed by atoms with E-state index >= 15 is 0 Å². The van der Waals surface area contributed by atoms with E-state index in [0.29, 0.717) is 0 Å². The number of hydrogen-bond acceptors (Lipinski definition) is 5. The molecule has 5 nitrogen and oxygen atoms in total. The van der Waals surface area contributed by atoms with Crippen LogP contribution in [-0.2, 0) is 13.0 Å². The molecule has 0 amide bonds. The zero-order chi connectivity index (χ0) is 18.6. The Labute approximate surface area is 162 Å². The molecular weight excluding hydrogens is 336 g/mol. The summed E-state index contributed by atoms with van der Waals surface area (Å²) in [6.07, 6.45) is 6.66. The summed E-state index contributed by atoms with van der Waals surface area (Å²) < 4.78 is 5.93. The van der Waals surface area contributed by atoms with Crippen LogP contribution in [0.2, 0.25) is 0 Å². The van der Waals surface area contributed by atoms with Gasteiger partial charge in [0.2, 0.25) is 5.88 Å². The van der Waals surface area contributed by atoms with Crippen molar-refractivity contribution in [2.24, 2.45) is 0 Å². The highest BCUT2D eigenvalue weighted by atomic mass is 16.5. The molecule has 5 heteroatoms. The molecule has 0 bridgehead atoms. The SMILES string of the molecule is Cc1ccc(N2CCc3nc(OCCCN4CCCC4C)ccc3C2)cn1. The van der Waals surface area contributed by atoms with E-state index in [1.54, 1.807) is 0 Å². The molecule has 4 rings (SSSR count). The number of ether oxygens (including phenoxy) is 1. The Kier molecular flexibility index (Phi) is 5.58. The second kappa shape index (κ2) is 8.26. The number of likely N-dealkylation sites (tertiary alicyclic amines) is 1. The first-order chi connectivity index (χ1) is 13.2. The van der Waals surface area contributed by atoms with Crippen molar-refractivity contribution in [3.8, 4) is 5.88 Å². The summed E-state index contributed by atoms with van der Waals surface area (Å²) in [5.74, 6) is 0.772. The molecule has 2 aromatic heterocycles. The normalized spacial score (nSPS) is 19.9. The van der Waals surface area contributed by atoms with Gasteiger partial charge in [0.1, 0.15) is 0 Å². The van der Waals surface area contributed by atoms with Crippen molar-refractivity contribution in [1.29, 1.82) is 0 Å². The number of pyridine rings is 2. The number of rotatable bonds is 6. The predicted octanol–water partition coefficient (Wildman–Crippen LogP) is 3.60. The van der Waals surface area contributed by atoms with Crippen LogP contribution in [0.5, 0.6) is 5.88 Å². The minimum absolute atomic E-state index is 0.735. The summed E-state index contributed by atoms with van der Waals surface area (Å²) in [7, 11) is 0. The molecule has 2 aromatic rings. The first kappa shape index (κ1) is 18.2. The summed E-state index contributed by atoms with van der Waals surface area (Å²) >= 11 is 0. The van der Waals surface area contributed by atoms with E-state index < -0.39 is 0 Å². The number of fused-ring (bicyclic) bond motifs is 1. The molecule has 1 unspecified atom stereocenters. The van der Waals surface area contributed by atoms with Gasteiger partial charge in [-0.15, -0.1) is 0 Å². The van der Waals surface area contributed by atoms with Crippen molar-refractivity contribution >= 4 is 5.69 Å². The van der Waals surface area contributed by atoms with Crippen LogP contribution < -0.4 is 9.64 Å². The van der Waals surface area contributed by atoms with E-state index in [0.717, 1.165) is 56.7 Å². The molecular formula is C22H30N4O. The van der Waals surface area contributed by atoms with Gasteiger partial charge < -0.3 is 14.5 Å². The molecule has 144 valence electrons. The number of aromatic nitrogens is 2. The van der Waals surface area contributed by atoms with E-state index in [1.165, 1.54) is 36.3 Å². The molecule has 1 fully saturated rings. The fourth-order valence-electron chi connectivity index (χ4n) is 4.11. The van der Waals surface area contributed by atoms with Crippen molar-refractivity contribution in [2.75, 3.05) is 31.1 Å². The lowest BCUT2D eigenvalue weighted by molar-refractivity contribution is 0.226. The number of aryl methyl sites for hydroxylation is 1. The van der Waals surface area contributed by atoms with Gasteiger partial charge in [-0.25, -0.2) is 4.98 Å². The van der Waals surface area contributed by atoms with Crippen LogP contribution in [0.15, 0.2) is 30.5 Å². The van der Waals surface area contributed by atoms with Crippen molar-refractivity contribution in [1.82, 2.24) is 14.9 Å². The molecule has 0 spiro atoms. The largest absolute Gasteiger partial charge is 0.478 e. The molecule has 0 aromatic carbocycles. The summed E-state index contributed by atoms with van der Waals surface area (Å²) in [4.78, 5) is 14.1. The molecule has 0 aliphatic carbocycles. The minimum atomic E-state index is 0.735. The van der Waals surface area contributed by atoms with E-state index in [4.69, 9.17) is 9.72 Å². The zero-order valence-corrected chi connectivity index (χ0v) is 16.5. The topological polar surface area (TPSA) is 41.5 Å². The van der Waals surface area contributed by atoms with Crippen LogP contribution >= 0.6 is 0 Å². The summed E-state index contributed by atoms with van der Waals surface area (Å²) in [5.41, 5.74) is 4.71. The van der Waals surface area contributed by atoms with Crippen LogP contribution in [0.4, 0.5) is 5.69 Å². The van der Waals surface area contributed by atoms with Gasteiger partial charge in [-0.05, 0) is 57.4 Å². The summed E-state index contributed by atoms with van der Waals surface area (Å²) in [5, 5.41) is 0. The summed E-state index contributed by atoms with van der Waals surface area (Å²) in [6, 6.07) is 9.16. The maximum atomic E-state index is 5.93. The van der Waals surface area contributed by atoms with Gasteiger partial charge in [-0.1, -0.05) is 6.07 Å². The predicted molar refractivity (Wildman–Crippen MR) is 108 cm³/mol. The van der Waals surface area contributed by atoms with Crippen molar-refractivity contribution in [3.05, 3.63) is 47.4 Å². The smallest absolute Gasteiger partial charge is 0.213 e. The van der Waals surface area contributed by atoms with E-state index in [9.17, 15) is 0 Å². The molecule has 4 heterocycles. The van der Waals surface area contributed by atoms with Gasteiger partial charge in [0, 0.05) is 43.9 Å². The number of anilines is 1. The van der Waals surface area contributed by atoms with Crippen molar-refractivity contribution in [3.63, 3.8) is 0 Å². The van der Waals surface area contributed by atoms with Crippen LogP contribution in [0.3, 0.4) is 0 Å². The monoisotopic (exact) mass is 366 g/mol. The molecule has 27 heavy (non-hydrogen) atoms.